The van der Waals surface area contributed by atoms with Gasteiger partial charge in [-0.3, -0.25) is 4.90 Å². The molecule has 0 aliphatic carbocycles. The number of hydrogen-bond acceptors (Lipinski definition) is 3. The summed E-state index contributed by atoms with van der Waals surface area (Å²) in [5, 5.41) is 5.87. The molecule has 1 saturated heterocycles. The van der Waals surface area contributed by atoms with E-state index in [1.165, 1.54) is 22.3 Å². The summed E-state index contributed by atoms with van der Waals surface area (Å²) in [4.78, 5) is 4.11. The summed E-state index contributed by atoms with van der Waals surface area (Å²) in [5.41, 5.74) is 0. The van der Waals surface area contributed by atoms with Crippen molar-refractivity contribution in [2.24, 2.45) is 5.92 Å². The molecule has 1 aliphatic heterocycles. The van der Waals surface area contributed by atoms with E-state index in [2.05, 4.69) is 58.4 Å². The van der Waals surface area contributed by atoms with Gasteiger partial charge in [0.05, 0.1) is 0 Å². The molecule has 0 amide bonds. The van der Waals surface area contributed by atoms with E-state index in [0.29, 0.717) is 18.0 Å². The van der Waals surface area contributed by atoms with Crippen LogP contribution in [0.3, 0.4) is 0 Å². The van der Waals surface area contributed by atoms with E-state index in [-0.39, 0.29) is 0 Å². The minimum absolute atomic E-state index is 0.635. The first-order chi connectivity index (χ1) is 8.60. The van der Waals surface area contributed by atoms with Gasteiger partial charge in [0, 0.05) is 46.4 Å². The quantitative estimate of drug-likeness (QED) is 0.905. The summed E-state index contributed by atoms with van der Waals surface area (Å²) in [6.07, 6.45) is 1.23. The van der Waals surface area contributed by atoms with E-state index in [0.717, 1.165) is 13.1 Å². The molecule has 1 aliphatic rings. The van der Waals surface area contributed by atoms with Gasteiger partial charge in [-0.05, 0) is 34.3 Å². The Hall–Kier alpha value is 0.1000. The fourth-order valence-corrected chi connectivity index (χ4v) is 4.04. The van der Waals surface area contributed by atoms with Gasteiger partial charge < -0.3 is 5.32 Å². The molecule has 1 aromatic rings. The molecule has 2 atom stereocenters. The molecule has 0 spiro atoms. The maximum absolute atomic E-state index is 3.69. The standard InChI is InChI=1S/C14H23BrN2S/c1-4-12-6-16-14(10(2)3)8-17(12)7-13-5-11(15)9-18-13/h5,9-10,12,14,16H,4,6-8H2,1-3H3. The molecule has 2 rings (SSSR count). The second-order valence-electron chi connectivity index (χ2n) is 5.48. The maximum atomic E-state index is 3.69. The van der Waals surface area contributed by atoms with Crippen LogP contribution in [0.15, 0.2) is 15.9 Å². The van der Waals surface area contributed by atoms with Gasteiger partial charge in [0.1, 0.15) is 0 Å². The van der Waals surface area contributed by atoms with E-state index in [9.17, 15) is 0 Å². The Balaban J connectivity index is 2.02. The number of piperazine rings is 1. The predicted octanol–water partition coefficient (Wildman–Crippen LogP) is 3.72. The number of halogens is 1. The molecule has 0 radical (unpaired) electrons. The van der Waals surface area contributed by atoms with Crippen LogP contribution in [-0.4, -0.2) is 30.1 Å². The van der Waals surface area contributed by atoms with Gasteiger partial charge in [0.25, 0.3) is 0 Å². The van der Waals surface area contributed by atoms with Crippen molar-refractivity contribution in [3.8, 4) is 0 Å². The smallest absolute Gasteiger partial charge is 0.0332 e. The van der Waals surface area contributed by atoms with E-state index >= 15 is 0 Å². The zero-order valence-electron chi connectivity index (χ0n) is 11.4. The minimum atomic E-state index is 0.635. The molecule has 102 valence electrons. The van der Waals surface area contributed by atoms with Crippen LogP contribution >= 0.6 is 27.3 Å². The van der Waals surface area contributed by atoms with Crippen molar-refractivity contribution in [2.45, 2.75) is 45.8 Å². The lowest BCUT2D eigenvalue weighted by Crippen LogP contribution is -2.57. The summed E-state index contributed by atoms with van der Waals surface area (Å²) in [6, 6.07) is 3.57. The number of nitrogens with one attached hydrogen (secondary N) is 1. The lowest BCUT2D eigenvalue weighted by atomic mass is 9.98. The molecule has 4 heteroatoms. The Morgan fingerprint density at radius 1 is 1.56 bits per heavy atom. The normalized spacial score (nSPS) is 25.8. The fourth-order valence-electron chi connectivity index (χ4n) is 2.56. The largest absolute Gasteiger partial charge is 0.311 e. The van der Waals surface area contributed by atoms with E-state index < -0.39 is 0 Å². The van der Waals surface area contributed by atoms with Crippen LogP contribution in [0.25, 0.3) is 0 Å². The summed E-state index contributed by atoms with van der Waals surface area (Å²) < 4.78 is 1.21. The first-order valence-corrected chi connectivity index (χ1v) is 8.47. The van der Waals surface area contributed by atoms with Gasteiger partial charge in [-0.2, -0.15) is 0 Å². The third-order valence-electron chi connectivity index (χ3n) is 3.82. The molecule has 18 heavy (non-hydrogen) atoms. The van der Waals surface area contributed by atoms with Crippen LogP contribution in [0.4, 0.5) is 0 Å². The first-order valence-electron chi connectivity index (χ1n) is 6.80. The summed E-state index contributed by atoms with van der Waals surface area (Å²) in [5.74, 6) is 0.709. The van der Waals surface area contributed by atoms with Crippen LogP contribution in [0.5, 0.6) is 0 Å². The van der Waals surface area contributed by atoms with Crippen molar-refractivity contribution in [1.82, 2.24) is 10.2 Å². The number of rotatable bonds is 4. The van der Waals surface area contributed by atoms with Crippen LogP contribution in [0.1, 0.15) is 32.1 Å². The minimum Gasteiger partial charge on any atom is -0.311 e. The van der Waals surface area contributed by atoms with Crippen molar-refractivity contribution >= 4 is 27.3 Å². The van der Waals surface area contributed by atoms with Crippen molar-refractivity contribution in [1.29, 1.82) is 0 Å². The Bertz CT molecular complexity index is 378. The molecular weight excluding hydrogens is 308 g/mol. The number of hydrogen-bond donors (Lipinski definition) is 1. The van der Waals surface area contributed by atoms with E-state index in [1.807, 2.05) is 11.3 Å². The number of nitrogens with zero attached hydrogens (tertiary/aromatic N) is 1. The zero-order chi connectivity index (χ0) is 13.1. The Morgan fingerprint density at radius 2 is 2.33 bits per heavy atom. The molecular formula is C14H23BrN2S. The summed E-state index contributed by atoms with van der Waals surface area (Å²) in [6.45, 7) is 10.3. The van der Waals surface area contributed by atoms with Gasteiger partial charge >= 0.3 is 0 Å². The number of thiophene rings is 1. The molecule has 2 unspecified atom stereocenters. The summed E-state index contributed by atoms with van der Waals surface area (Å²) >= 11 is 5.40. The Morgan fingerprint density at radius 3 is 2.89 bits per heavy atom. The molecule has 2 heterocycles. The molecule has 2 nitrogen and oxygen atoms in total. The average molecular weight is 331 g/mol. The lowest BCUT2D eigenvalue weighted by Gasteiger charge is -2.41. The maximum Gasteiger partial charge on any atom is 0.0332 e. The Labute approximate surface area is 123 Å². The van der Waals surface area contributed by atoms with Gasteiger partial charge in [-0.15, -0.1) is 11.3 Å². The van der Waals surface area contributed by atoms with Crippen molar-refractivity contribution in [3.05, 3.63) is 20.8 Å². The van der Waals surface area contributed by atoms with Gasteiger partial charge in [-0.1, -0.05) is 20.8 Å². The highest BCUT2D eigenvalue weighted by molar-refractivity contribution is 9.10. The monoisotopic (exact) mass is 330 g/mol. The zero-order valence-corrected chi connectivity index (χ0v) is 13.9. The molecule has 1 N–H and O–H groups in total. The third kappa shape index (κ3) is 3.56. The van der Waals surface area contributed by atoms with Crippen molar-refractivity contribution < 1.29 is 0 Å². The highest BCUT2D eigenvalue weighted by atomic mass is 79.9. The first kappa shape index (κ1) is 14.5. The lowest BCUT2D eigenvalue weighted by molar-refractivity contribution is 0.104. The highest BCUT2D eigenvalue weighted by Gasteiger charge is 2.28. The van der Waals surface area contributed by atoms with Crippen LogP contribution in [0, 0.1) is 5.92 Å². The third-order valence-corrected chi connectivity index (χ3v) is 5.50. The topological polar surface area (TPSA) is 15.3 Å². The van der Waals surface area contributed by atoms with Gasteiger partial charge in [0.2, 0.25) is 0 Å². The second-order valence-corrected chi connectivity index (χ2v) is 7.39. The molecule has 0 saturated carbocycles. The van der Waals surface area contributed by atoms with Crippen molar-refractivity contribution in [2.75, 3.05) is 13.1 Å². The SMILES string of the molecule is CCC1CNC(C(C)C)CN1Cc1cc(Br)cs1. The predicted molar refractivity (Wildman–Crippen MR) is 83.1 cm³/mol. The molecule has 1 fully saturated rings. The second kappa shape index (κ2) is 6.51. The molecule has 0 aromatic carbocycles. The van der Waals surface area contributed by atoms with E-state index in [4.69, 9.17) is 0 Å². The fraction of sp³-hybridized carbons (Fsp3) is 0.714. The Kier molecular flexibility index (Phi) is 5.24. The highest BCUT2D eigenvalue weighted by Crippen LogP contribution is 2.24. The van der Waals surface area contributed by atoms with Crippen LogP contribution in [0.2, 0.25) is 0 Å². The molecule has 0 bridgehead atoms. The van der Waals surface area contributed by atoms with Gasteiger partial charge in [-0.25, -0.2) is 0 Å². The van der Waals surface area contributed by atoms with Gasteiger partial charge in [0.15, 0.2) is 0 Å². The van der Waals surface area contributed by atoms with Crippen LogP contribution < -0.4 is 5.32 Å². The average Bonchev–Trinajstić information content (AvgIpc) is 2.74. The van der Waals surface area contributed by atoms with E-state index in [1.54, 1.807) is 0 Å². The summed E-state index contributed by atoms with van der Waals surface area (Å²) in [7, 11) is 0. The molecule has 1 aromatic heterocycles. The van der Waals surface area contributed by atoms with Crippen molar-refractivity contribution in [3.63, 3.8) is 0 Å². The van der Waals surface area contributed by atoms with Crippen LogP contribution in [-0.2, 0) is 6.54 Å².